The van der Waals surface area contributed by atoms with E-state index in [0.717, 1.165) is 5.57 Å². The van der Waals surface area contributed by atoms with Crippen molar-refractivity contribution in [1.82, 2.24) is 5.32 Å². The molecule has 2 nitrogen and oxygen atoms in total. The van der Waals surface area contributed by atoms with Crippen LogP contribution >= 0.6 is 0 Å². The standard InChI is InChI=1S/C10H15NO/c1-4-5-6-7-9(2)8-11-10(3)12/h4-7H,2,8H2,1,3H3,(H,11,12)/b5-4-,7-6-. The van der Waals surface area contributed by atoms with Crippen molar-refractivity contribution in [3.8, 4) is 0 Å². The van der Waals surface area contributed by atoms with E-state index in [1.807, 2.05) is 31.2 Å². The van der Waals surface area contributed by atoms with E-state index in [1.54, 1.807) is 0 Å². The molecule has 0 aromatic rings. The molecule has 0 aliphatic heterocycles. The smallest absolute Gasteiger partial charge is 0.217 e. The highest BCUT2D eigenvalue weighted by molar-refractivity contribution is 5.73. The van der Waals surface area contributed by atoms with E-state index in [4.69, 9.17) is 0 Å². The van der Waals surface area contributed by atoms with Crippen LogP contribution in [0.4, 0.5) is 0 Å². The lowest BCUT2D eigenvalue weighted by Gasteiger charge is -1.99. The molecule has 12 heavy (non-hydrogen) atoms. The number of hydrogen-bond donors (Lipinski definition) is 1. The van der Waals surface area contributed by atoms with Gasteiger partial charge in [-0.3, -0.25) is 4.79 Å². The van der Waals surface area contributed by atoms with Gasteiger partial charge in [-0.2, -0.15) is 0 Å². The van der Waals surface area contributed by atoms with Gasteiger partial charge < -0.3 is 5.32 Å². The van der Waals surface area contributed by atoms with E-state index in [0.29, 0.717) is 6.54 Å². The molecule has 0 aliphatic carbocycles. The summed E-state index contributed by atoms with van der Waals surface area (Å²) in [5, 5.41) is 2.66. The number of carbonyl (C=O) groups is 1. The molecular formula is C10H15NO. The Bertz CT molecular complexity index is 214. The summed E-state index contributed by atoms with van der Waals surface area (Å²) in [7, 11) is 0. The second-order valence-corrected chi connectivity index (χ2v) is 2.45. The van der Waals surface area contributed by atoms with Crippen molar-refractivity contribution in [3.63, 3.8) is 0 Å². The Kier molecular flexibility index (Phi) is 5.70. The monoisotopic (exact) mass is 165 g/mol. The van der Waals surface area contributed by atoms with Crippen molar-refractivity contribution >= 4 is 5.91 Å². The summed E-state index contributed by atoms with van der Waals surface area (Å²) in [4.78, 5) is 10.5. The Morgan fingerprint density at radius 3 is 2.67 bits per heavy atom. The van der Waals surface area contributed by atoms with Gasteiger partial charge in [0.2, 0.25) is 5.91 Å². The van der Waals surface area contributed by atoms with Crippen LogP contribution in [0.5, 0.6) is 0 Å². The van der Waals surface area contributed by atoms with E-state index >= 15 is 0 Å². The molecule has 1 amide bonds. The van der Waals surface area contributed by atoms with Gasteiger partial charge in [-0.1, -0.05) is 30.9 Å². The van der Waals surface area contributed by atoms with Crippen molar-refractivity contribution in [1.29, 1.82) is 0 Å². The summed E-state index contributed by atoms with van der Waals surface area (Å²) in [6.07, 6.45) is 7.61. The summed E-state index contributed by atoms with van der Waals surface area (Å²) >= 11 is 0. The largest absolute Gasteiger partial charge is 0.352 e. The molecule has 2 heteroatoms. The fourth-order valence-electron chi connectivity index (χ4n) is 0.600. The average Bonchev–Trinajstić information content (AvgIpc) is 2.01. The first-order chi connectivity index (χ1) is 5.66. The van der Waals surface area contributed by atoms with E-state index < -0.39 is 0 Å². The predicted molar refractivity (Wildman–Crippen MR) is 51.8 cm³/mol. The zero-order valence-electron chi connectivity index (χ0n) is 7.63. The van der Waals surface area contributed by atoms with E-state index in [1.165, 1.54) is 6.92 Å². The molecule has 0 spiro atoms. The molecule has 0 saturated carbocycles. The minimum absolute atomic E-state index is 0.0319. The van der Waals surface area contributed by atoms with Gasteiger partial charge >= 0.3 is 0 Å². The van der Waals surface area contributed by atoms with E-state index in [9.17, 15) is 4.79 Å². The molecule has 0 bridgehead atoms. The zero-order valence-corrected chi connectivity index (χ0v) is 7.63. The van der Waals surface area contributed by atoms with Crippen molar-refractivity contribution in [2.45, 2.75) is 13.8 Å². The van der Waals surface area contributed by atoms with Crippen LogP contribution in [0.1, 0.15) is 13.8 Å². The van der Waals surface area contributed by atoms with Crippen LogP contribution in [0.15, 0.2) is 36.5 Å². The van der Waals surface area contributed by atoms with Crippen LogP contribution in [0.3, 0.4) is 0 Å². The lowest BCUT2D eigenvalue weighted by atomic mass is 10.2. The molecular weight excluding hydrogens is 150 g/mol. The van der Waals surface area contributed by atoms with Gasteiger partial charge in [0.1, 0.15) is 0 Å². The zero-order chi connectivity index (χ0) is 9.40. The van der Waals surface area contributed by atoms with Crippen LogP contribution in [0.2, 0.25) is 0 Å². The van der Waals surface area contributed by atoms with Gasteiger partial charge in [0.15, 0.2) is 0 Å². The second-order valence-electron chi connectivity index (χ2n) is 2.45. The second kappa shape index (κ2) is 6.40. The maximum atomic E-state index is 10.5. The fourth-order valence-corrected chi connectivity index (χ4v) is 0.600. The quantitative estimate of drug-likeness (QED) is 0.632. The van der Waals surface area contributed by atoms with E-state index in [-0.39, 0.29) is 5.91 Å². The highest BCUT2D eigenvalue weighted by Gasteiger charge is 1.89. The van der Waals surface area contributed by atoms with Crippen molar-refractivity contribution in [2.75, 3.05) is 6.54 Å². The summed E-state index contributed by atoms with van der Waals surface area (Å²) in [5.74, 6) is -0.0319. The molecule has 0 radical (unpaired) electrons. The fraction of sp³-hybridized carbons (Fsp3) is 0.300. The van der Waals surface area contributed by atoms with Gasteiger partial charge in [0.25, 0.3) is 0 Å². The normalized spacial score (nSPS) is 10.8. The van der Waals surface area contributed by atoms with Gasteiger partial charge in [-0.15, -0.1) is 0 Å². The number of nitrogens with one attached hydrogen (secondary N) is 1. The molecule has 0 aliphatic rings. The third kappa shape index (κ3) is 6.81. The summed E-state index contributed by atoms with van der Waals surface area (Å²) in [5.41, 5.74) is 0.892. The molecule has 0 aromatic carbocycles. The van der Waals surface area contributed by atoms with Gasteiger partial charge in [0, 0.05) is 13.5 Å². The van der Waals surface area contributed by atoms with Crippen molar-refractivity contribution < 1.29 is 4.79 Å². The van der Waals surface area contributed by atoms with Crippen molar-refractivity contribution in [2.24, 2.45) is 0 Å². The minimum Gasteiger partial charge on any atom is -0.352 e. The molecule has 0 heterocycles. The molecule has 0 atom stereocenters. The third-order valence-corrected chi connectivity index (χ3v) is 1.20. The lowest BCUT2D eigenvalue weighted by Crippen LogP contribution is -2.21. The van der Waals surface area contributed by atoms with Gasteiger partial charge in [-0.25, -0.2) is 0 Å². The Morgan fingerprint density at radius 2 is 2.17 bits per heavy atom. The third-order valence-electron chi connectivity index (χ3n) is 1.20. The summed E-state index contributed by atoms with van der Waals surface area (Å²) in [6.45, 7) is 7.71. The maximum absolute atomic E-state index is 10.5. The number of allylic oxidation sites excluding steroid dienone is 3. The first-order valence-electron chi connectivity index (χ1n) is 3.88. The average molecular weight is 165 g/mol. The number of hydrogen-bond acceptors (Lipinski definition) is 1. The van der Waals surface area contributed by atoms with Crippen LogP contribution < -0.4 is 5.32 Å². The first-order valence-corrected chi connectivity index (χ1v) is 3.88. The first kappa shape index (κ1) is 10.7. The molecule has 0 saturated heterocycles. The van der Waals surface area contributed by atoms with Crippen LogP contribution in [0, 0.1) is 0 Å². The van der Waals surface area contributed by atoms with E-state index in [2.05, 4.69) is 11.9 Å². The Hall–Kier alpha value is -1.31. The molecule has 0 rings (SSSR count). The molecule has 0 fully saturated rings. The minimum atomic E-state index is -0.0319. The maximum Gasteiger partial charge on any atom is 0.217 e. The summed E-state index contributed by atoms with van der Waals surface area (Å²) < 4.78 is 0. The number of rotatable bonds is 4. The van der Waals surface area contributed by atoms with Gasteiger partial charge in [-0.05, 0) is 12.5 Å². The van der Waals surface area contributed by atoms with Gasteiger partial charge in [0.05, 0.1) is 0 Å². The summed E-state index contributed by atoms with van der Waals surface area (Å²) in [6, 6.07) is 0. The molecule has 0 aromatic heterocycles. The van der Waals surface area contributed by atoms with Crippen LogP contribution in [0.25, 0.3) is 0 Å². The lowest BCUT2D eigenvalue weighted by molar-refractivity contribution is -0.118. The Balaban J connectivity index is 3.67. The van der Waals surface area contributed by atoms with Crippen LogP contribution in [-0.2, 0) is 4.79 Å². The molecule has 1 N–H and O–H groups in total. The number of carbonyl (C=O) groups excluding carboxylic acids is 1. The Labute approximate surface area is 73.7 Å². The molecule has 0 unspecified atom stereocenters. The predicted octanol–water partition coefficient (Wildman–Crippen LogP) is 1.81. The number of amides is 1. The SMILES string of the molecule is C=C(/C=C\C=C/C)CNC(C)=O. The topological polar surface area (TPSA) is 29.1 Å². The molecule has 66 valence electrons. The van der Waals surface area contributed by atoms with Crippen molar-refractivity contribution in [3.05, 3.63) is 36.5 Å². The highest BCUT2D eigenvalue weighted by atomic mass is 16.1. The Morgan fingerprint density at radius 1 is 1.50 bits per heavy atom. The highest BCUT2D eigenvalue weighted by Crippen LogP contribution is 1.90. The van der Waals surface area contributed by atoms with Crippen LogP contribution in [-0.4, -0.2) is 12.5 Å².